The molecule has 0 saturated carbocycles. The maximum absolute atomic E-state index is 12.0. The number of carbonyl (C=O) groups excluding carboxylic acids is 2. The maximum atomic E-state index is 12.0. The van der Waals surface area contributed by atoms with E-state index in [1.54, 1.807) is 18.2 Å². The van der Waals surface area contributed by atoms with E-state index in [9.17, 15) is 14.7 Å². The fourth-order valence-corrected chi connectivity index (χ4v) is 2.69. The van der Waals surface area contributed by atoms with Gasteiger partial charge < -0.3 is 20.0 Å². The van der Waals surface area contributed by atoms with Gasteiger partial charge in [-0.05, 0) is 36.0 Å². The fraction of sp³-hybridized carbons (Fsp3) is 0.133. The first kappa shape index (κ1) is 20.8. The molecule has 0 aliphatic carbocycles. The number of hydrogen-bond donors (Lipinski definition) is 1. The Hall–Kier alpha value is -1.25. The third-order valence-electron chi connectivity index (χ3n) is 2.75. The smallest absolute Gasteiger partial charge is 0.545 e. The number of nitrogens with zero attached hydrogens (tertiary/aromatic N) is 1. The van der Waals surface area contributed by atoms with Crippen molar-refractivity contribution in [2.24, 2.45) is 0 Å². The van der Waals surface area contributed by atoms with Crippen LogP contribution in [0.1, 0.15) is 10.4 Å². The van der Waals surface area contributed by atoms with E-state index in [2.05, 4.69) is 10.3 Å². The monoisotopic (exact) mass is 374 g/mol. The number of ether oxygens (including phenoxy) is 1. The van der Waals surface area contributed by atoms with E-state index < -0.39 is 5.97 Å². The Morgan fingerprint density at radius 1 is 1.38 bits per heavy atom. The average Bonchev–Trinajstić information content (AvgIpc) is 2.52. The number of carbonyl (C=O) groups is 2. The molecule has 0 aliphatic rings. The van der Waals surface area contributed by atoms with Crippen molar-refractivity contribution in [1.82, 2.24) is 4.98 Å². The average molecular weight is 375 g/mol. The van der Waals surface area contributed by atoms with E-state index in [-0.39, 0.29) is 51.8 Å². The first-order valence-corrected chi connectivity index (χ1v) is 7.64. The molecule has 2 rings (SSSR count). The zero-order chi connectivity index (χ0) is 16.8. The summed E-state index contributed by atoms with van der Waals surface area (Å²) >= 11 is 6.67. The Morgan fingerprint density at radius 3 is 2.79 bits per heavy atom. The molecule has 0 atom stereocenters. The molecule has 6 nitrogen and oxygen atoms in total. The van der Waals surface area contributed by atoms with Gasteiger partial charge in [0.1, 0.15) is 10.8 Å². The van der Waals surface area contributed by atoms with Gasteiger partial charge in [0.25, 0.3) is 0 Å². The minimum Gasteiger partial charge on any atom is -0.545 e. The van der Waals surface area contributed by atoms with Crippen LogP contribution in [-0.2, 0) is 4.79 Å². The van der Waals surface area contributed by atoms with Crippen molar-refractivity contribution in [3.05, 3.63) is 47.1 Å². The summed E-state index contributed by atoms with van der Waals surface area (Å²) in [5.74, 6) is -0.815. The second-order valence-corrected chi connectivity index (χ2v) is 5.83. The molecule has 24 heavy (non-hydrogen) atoms. The third kappa shape index (κ3) is 5.99. The molecular formula is C15H12ClN2NaO4S. The largest absolute Gasteiger partial charge is 1.00 e. The van der Waals surface area contributed by atoms with Gasteiger partial charge in [0.05, 0.1) is 19.6 Å². The SMILES string of the molecule is COc1cc(Cl)cc(NCC(=O)Sc2ncccc2C(=O)[O-])c1.[Na+]. The quantitative estimate of drug-likeness (QED) is 0.504. The molecule has 0 aliphatic heterocycles. The summed E-state index contributed by atoms with van der Waals surface area (Å²) in [7, 11) is 1.51. The molecule has 0 spiro atoms. The number of aromatic carboxylic acids is 1. The number of anilines is 1. The van der Waals surface area contributed by atoms with Gasteiger partial charge in [-0.3, -0.25) is 4.79 Å². The summed E-state index contributed by atoms with van der Waals surface area (Å²) in [6.45, 7) is -0.0305. The van der Waals surface area contributed by atoms with Gasteiger partial charge in [-0.25, -0.2) is 4.98 Å². The van der Waals surface area contributed by atoms with Crippen LogP contribution in [0.5, 0.6) is 5.75 Å². The fourth-order valence-electron chi connectivity index (χ4n) is 1.73. The first-order chi connectivity index (χ1) is 11.0. The number of rotatable bonds is 6. The number of carboxylic acid groups (broad SMARTS) is 1. The van der Waals surface area contributed by atoms with Crippen molar-refractivity contribution >= 4 is 40.1 Å². The second-order valence-electron chi connectivity index (χ2n) is 4.35. The van der Waals surface area contributed by atoms with Gasteiger partial charge in [0, 0.05) is 28.5 Å². The van der Waals surface area contributed by atoms with Crippen LogP contribution < -0.4 is 44.7 Å². The zero-order valence-electron chi connectivity index (χ0n) is 13.0. The molecule has 1 aromatic heterocycles. The van der Waals surface area contributed by atoms with E-state index in [1.807, 2.05) is 0 Å². The van der Waals surface area contributed by atoms with Crippen LogP contribution >= 0.6 is 23.4 Å². The number of methoxy groups -OCH3 is 1. The van der Waals surface area contributed by atoms with Crippen LogP contribution in [0.3, 0.4) is 0 Å². The number of hydrogen-bond acceptors (Lipinski definition) is 7. The number of aromatic nitrogens is 1. The van der Waals surface area contributed by atoms with E-state index in [0.717, 1.165) is 11.8 Å². The molecule has 9 heteroatoms. The Morgan fingerprint density at radius 2 is 2.12 bits per heavy atom. The second kappa shape index (κ2) is 9.90. The summed E-state index contributed by atoms with van der Waals surface area (Å²) in [6.07, 6.45) is 1.41. The Bertz CT molecular complexity index is 745. The van der Waals surface area contributed by atoms with Crippen LogP contribution in [0.25, 0.3) is 0 Å². The van der Waals surface area contributed by atoms with Gasteiger partial charge >= 0.3 is 29.6 Å². The molecule has 120 valence electrons. The molecular weight excluding hydrogens is 363 g/mol. The van der Waals surface area contributed by atoms with Gasteiger partial charge in [0.15, 0.2) is 0 Å². The van der Waals surface area contributed by atoms with E-state index in [4.69, 9.17) is 16.3 Å². The van der Waals surface area contributed by atoms with Crippen LogP contribution in [0.15, 0.2) is 41.6 Å². The number of pyridine rings is 1. The molecule has 0 fully saturated rings. The molecule has 1 aromatic carbocycles. The molecule has 0 unspecified atom stereocenters. The molecule has 0 radical (unpaired) electrons. The van der Waals surface area contributed by atoms with Crippen LogP contribution in [0.4, 0.5) is 5.69 Å². The first-order valence-electron chi connectivity index (χ1n) is 6.45. The minimum atomic E-state index is -1.37. The molecule has 0 bridgehead atoms. The normalized spacial score (nSPS) is 9.75. The minimum absolute atomic E-state index is 0. The van der Waals surface area contributed by atoms with Gasteiger partial charge in [-0.15, -0.1) is 0 Å². The topological polar surface area (TPSA) is 91.3 Å². The molecule has 0 amide bonds. The molecule has 1 heterocycles. The van der Waals surface area contributed by atoms with Gasteiger partial charge in [-0.1, -0.05) is 11.6 Å². The van der Waals surface area contributed by atoms with Crippen LogP contribution in [0.2, 0.25) is 5.02 Å². The Labute approximate surface area is 170 Å². The van der Waals surface area contributed by atoms with Crippen molar-refractivity contribution in [2.45, 2.75) is 5.03 Å². The van der Waals surface area contributed by atoms with E-state index in [1.165, 1.54) is 25.4 Å². The Kier molecular flexibility index (Phi) is 8.58. The molecule has 2 aromatic rings. The summed E-state index contributed by atoms with van der Waals surface area (Å²) < 4.78 is 5.08. The standard InChI is InChI=1S/C15H13ClN2O4S.Na/c1-22-11-6-9(16)5-10(7-11)18-8-13(19)23-14-12(15(20)21)3-2-4-17-14;/h2-7,18H,8H2,1H3,(H,20,21);/q;+1/p-1. The maximum Gasteiger partial charge on any atom is 1.00 e. The summed E-state index contributed by atoms with van der Waals surface area (Å²) in [5.41, 5.74) is 0.500. The zero-order valence-corrected chi connectivity index (χ0v) is 16.6. The Balaban J connectivity index is 0.00000288. The number of nitrogens with one attached hydrogen (secondary N) is 1. The van der Waals surface area contributed by atoms with Crippen molar-refractivity contribution in [3.8, 4) is 5.75 Å². The van der Waals surface area contributed by atoms with Gasteiger partial charge in [-0.2, -0.15) is 0 Å². The summed E-state index contributed by atoms with van der Waals surface area (Å²) in [5, 5.41) is 14.1. The predicted octanol–water partition coefficient (Wildman–Crippen LogP) is -1.16. The number of carboxylic acids is 1. The third-order valence-corrected chi connectivity index (χ3v) is 3.85. The summed E-state index contributed by atoms with van der Waals surface area (Å²) in [4.78, 5) is 26.8. The van der Waals surface area contributed by atoms with Crippen LogP contribution in [-0.4, -0.2) is 29.7 Å². The number of thioether (sulfide) groups is 1. The predicted molar refractivity (Wildman–Crippen MR) is 85.9 cm³/mol. The van der Waals surface area contributed by atoms with E-state index >= 15 is 0 Å². The van der Waals surface area contributed by atoms with Crippen molar-refractivity contribution < 1.29 is 49.0 Å². The van der Waals surface area contributed by atoms with Crippen molar-refractivity contribution in [2.75, 3.05) is 19.0 Å². The number of benzene rings is 1. The van der Waals surface area contributed by atoms with Gasteiger partial charge in [0.2, 0.25) is 5.12 Å². The van der Waals surface area contributed by atoms with Crippen molar-refractivity contribution in [1.29, 1.82) is 0 Å². The van der Waals surface area contributed by atoms with E-state index in [0.29, 0.717) is 16.5 Å². The molecule has 1 N–H and O–H groups in total. The summed E-state index contributed by atoms with van der Waals surface area (Å²) in [6, 6.07) is 7.79. The van der Waals surface area contributed by atoms with Crippen LogP contribution in [0, 0.1) is 0 Å². The number of halogens is 1. The van der Waals surface area contributed by atoms with Crippen molar-refractivity contribution in [3.63, 3.8) is 0 Å². The molecule has 0 saturated heterocycles.